The molecule has 0 aliphatic carbocycles. The molecule has 0 spiro atoms. The van der Waals surface area contributed by atoms with Crippen LogP contribution in [0.15, 0.2) is 12.4 Å². The standard InChI is InChI=1S/C16H23N3O3/c1-2-22-16(20)12-4-3-6-19(9-12)15-8-14(17-11-18-15)13-5-7-21-10-13/h8,11-13H,2-7,9-10H2,1H3. The lowest BCUT2D eigenvalue weighted by Crippen LogP contribution is -2.40. The Balaban J connectivity index is 1.70. The van der Waals surface area contributed by atoms with E-state index < -0.39 is 0 Å². The normalized spacial score (nSPS) is 25.2. The van der Waals surface area contributed by atoms with Crippen LogP contribution in [0, 0.1) is 5.92 Å². The Labute approximate surface area is 130 Å². The molecule has 120 valence electrons. The minimum Gasteiger partial charge on any atom is -0.466 e. The van der Waals surface area contributed by atoms with E-state index in [1.807, 2.05) is 13.0 Å². The van der Waals surface area contributed by atoms with Crippen LogP contribution in [-0.2, 0) is 14.3 Å². The van der Waals surface area contributed by atoms with Crippen molar-refractivity contribution in [2.75, 3.05) is 37.8 Å². The zero-order chi connectivity index (χ0) is 15.4. The fourth-order valence-electron chi connectivity index (χ4n) is 3.16. The minimum atomic E-state index is -0.0920. The van der Waals surface area contributed by atoms with Gasteiger partial charge in [0.05, 0.1) is 24.8 Å². The molecule has 2 unspecified atom stereocenters. The Morgan fingerprint density at radius 1 is 1.45 bits per heavy atom. The lowest BCUT2D eigenvalue weighted by Gasteiger charge is -2.32. The zero-order valence-corrected chi connectivity index (χ0v) is 13.0. The predicted molar refractivity (Wildman–Crippen MR) is 81.8 cm³/mol. The Morgan fingerprint density at radius 2 is 2.36 bits per heavy atom. The van der Waals surface area contributed by atoms with E-state index in [1.165, 1.54) is 0 Å². The van der Waals surface area contributed by atoms with Gasteiger partial charge in [0.25, 0.3) is 0 Å². The van der Waals surface area contributed by atoms with E-state index >= 15 is 0 Å². The third kappa shape index (κ3) is 3.38. The van der Waals surface area contributed by atoms with Crippen molar-refractivity contribution < 1.29 is 14.3 Å². The summed E-state index contributed by atoms with van der Waals surface area (Å²) >= 11 is 0. The van der Waals surface area contributed by atoms with E-state index in [0.717, 1.165) is 50.5 Å². The van der Waals surface area contributed by atoms with Crippen LogP contribution in [0.25, 0.3) is 0 Å². The molecular formula is C16H23N3O3. The average Bonchev–Trinajstić information content (AvgIpc) is 3.10. The first kappa shape index (κ1) is 15.2. The Hall–Kier alpha value is -1.69. The highest BCUT2D eigenvalue weighted by Gasteiger charge is 2.28. The molecule has 1 aromatic heterocycles. The maximum atomic E-state index is 12.0. The monoisotopic (exact) mass is 305 g/mol. The molecule has 0 saturated carbocycles. The lowest BCUT2D eigenvalue weighted by molar-refractivity contribution is -0.148. The molecule has 2 saturated heterocycles. The van der Waals surface area contributed by atoms with Gasteiger partial charge in [0.2, 0.25) is 0 Å². The van der Waals surface area contributed by atoms with Crippen molar-refractivity contribution in [3.8, 4) is 0 Å². The summed E-state index contributed by atoms with van der Waals surface area (Å²) in [5, 5.41) is 0. The SMILES string of the molecule is CCOC(=O)C1CCCN(c2cc(C3CCOC3)ncn2)C1. The summed E-state index contributed by atoms with van der Waals surface area (Å²) in [6.07, 6.45) is 4.51. The third-order valence-corrected chi connectivity index (χ3v) is 4.39. The van der Waals surface area contributed by atoms with Crippen molar-refractivity contribution >= 4 is 11.8 Å². The maximum absolute atomic E-state index is 12.0. The molecule has 6 heteroatoms. The molecule has 22 heavy (non-hydrogen) atoms. The van der Waals surface area contributed by atoms with Crippen LogP contribution in [0.2, 0.25) is 0 Å². The highest BCUT2D eigenvalue weighted by Crippen LogP contribution is 2.27. The van der Waals surface area contributed by atoms with E-state index in [9.17, 15) is 4.79 Å². The molecule has 2 aliphatic heterocycles. The van der Waals surface area contributed by atoms with Crippen molar-refractivity contribution in [2.24, 2.45) is 5.92 Å². The van der Waals surface area contributed by atoms with Gasteiger partial charge in [0.15, 0.2) is 0 Å². The topological polar surface area (TPSA) is 64.5 Å². The summed E-state index contributed by atoms with van der Waals surface area (Å²) in [4.78, 5) is 22.9. The van der Waals surface area contributed by atoms with Gasteiger partial charge >= 0.3 is 5.97 Å². The van der Waals surface area contributed by atoms with Crippen LogP contribution in [0.5, 0.6) is 0 Å². The first-order valence-corrected chi connectivity index (χ1v) is 8.09. The molecule has 2 atom stereocenters. The molecule has 3 rings (SSSR count). The Bertz CT molecular complexity index is 517. The number of hydrogen-bond acceptors (Lipinski definition) is 6. The van der Waals surface area contributed by atoms with Crippen LogP contribution in [0.3, 0.4) is 0 Å². The van der Waals surface area contributed by atoms with E-state index in [4.69, 9.17) is 9.47 Å². The molecule has 0 aromatic carbocycles. The highest BCUT2D eigenvalue weighted by molar-refractivity contribution is 5.73. The van der Waals surface area contributed by atoms with Gasteiger partial charge in [0.1, 0.15) is 12.1 Å². The summed E-state index contributed by atoms with van der Waals surface area (Å²) < 4.78 is 10.6. The number of anilines is 1. The van der Waals surface area contributed by atoms with Gasteiger partial charge in [0, 0.05) is 31.7 Å². The zero-order valence-electron chi connectivity index (χ0n) is 13.0. The summed E-state index contributed by atoms with van der Waals surface area (Å²) in [7, 11) is 0. The Morgan fingerprint density at radius 3 is 3.14 bits per heavy atom. The predicted octanol–water partition coefficient (Wildman–Crippen LogP) is 1.76. The summed E-state index contributed by atoms with van der Waals surface area (Å²) in [5.41, 5.74) is 1.04. The van der Waals surface area contributed by atoms with E-state index in [2.05, 4.69) is 14.9 Å². The van der Waals surface area contributed by atoms with Crippen molar-refractivity contribution in [3.05, 3.63) is 18.1 Å². The van der Waals surface area contributed by atoms with Gasteiger partial charge in [-0.1, -0.05) is 0 Å². The van der Waals surface area contributed by atoms with E-state index in [-0.39, 0.29) is 11.9 Å². The molecule has 0 amide bonds. The fraction of sp³-hybridized carbons (Fsp3) is 0.688. The van der Waals surface area contributed by atoms with Crippen LogP contribution in [-0.4, -0.2) is 48.8 Å². The summed E-state index contributed by atoms with van der Waals surface area (Å²) in [5.74, 6) is 1.13. The molecule has 2 aliphatic rings. The molecule has 6 nitrogen and oxygen atoms in total. The van der Waals surface area contributed by atoms with E-state index in [0.29, 0.717) is 19.1 Å². The molecular weight excluding hydrogens is 282 g/mol. The Kier molecular flexibility index (Phi) is 4.87. The first-order chi connectivity index (χ1) is 10.8. The number of hydrogen-bond donors (Lipinski definition) is 0. The van der Waals surface area contributed by atoms with Gasteiger partial charge < -0.3 is 14.4 Å². The second-order valence-electron chi connectivity index (χ2n) is 5.90. The van der Waals surface area contributed by atoms with Crippen LogP contribution < -0.4 is 4.90 Å². The molecule has 1 aromatic rings. The quantitative estimate of drug-likeness (QED) is 0.790. The summed E-state index contributed by atoms with van der Waals surface area (Å²) in [6, 6.07) is 2.05. The number of piperidine rings is 1. The van der Waals surface area contributed by atoms with Crippen molar-refractivity contribution in [3.63, 3.8) is 0 Å². The largest absolute Gasteiger partial charge is 0.466 e. The van der Waals surface area contributed by atoms with Crippen LogP contribution >= 0.6 is 0 Å². The summed E-state index contributed by atoms with van der Waals surface area (Å²) in [6.45, 7) is 5.43. The number of carbonyl (C=O) groups excluding carboxylic acids is 1. The second kappa shape index (κ2) is 7.05. The molecule has 0 N–H and O–H groups in total. The van der Waals surface area contributed by atoms with E-state index in [1.54, 1.807) is 6.33 Å². The highest BCUT2D eigenvalue weighted by atomic mass is 16.5. The van der Waals surface area contributed by atoms with Crippen molar-refractivity contribution in [1.29, 1.82) is 0 Å². The molecule has 0 bridgehead atoms. The second-order valence-corrected chi connectivity index (χ2v) is 5.90. The number of aromatic nitrogens is 2. The van der Waals surface area contributed by atoms with Gasteiger partial charge in [-0.3, -0.25) is 4.79 Å². The maximum Gasteiger partial charge on any atom is 0.310 e. The number of nitrogens with zero attached hydrogens (tertiary/aromatic N) is 3. The van der Waals surface area contributed by atoms with Gasteiger partial charge in [-0.05, 0) is 26.2 Å². The van der Waals surface area contributed by atoms with Gasteiger partial charge in [-0.15, -0.1) is 0 Å². The van der Waals surface area contributed by atoms with Crippen LogP contribution in [0.1, 0.15) is 37.8 Å². The smallest absolute Gasteiger partial charge is 0.310 e. The first-order valence-electron chi connectivity index (χ1n) is 8.09. The number of esters is 1. The average molecular weight is 305 g/mol. The van der Waals surface area contributed by atoms with Gasteiger partial charge in [-0.25, -0.2) is 9.97 Å². The molecule has 3 heterocycles. The van der Waals surface area contributed by atoms with Crippen LogP contribution in [0.4, 0.5) is 5.82 Å². The number of ether oxygens (including phenoxy) is 2. The number of rotatable bonds is 4. The minimum absolute atomic E-state index is 0.0538. The molecule has 0 radical (unpaired) electrons. The van der Waals surface area contributed by atoms with Crippen molar-refractivity contribution in [1.82, 2.24) is 9.97 Å². The van der Waals surface area contributed by atoms with Crippen molar-refractivity contribution in [2.45, 2.75) is 32.1 Å². The van der Waals surface area contributed by atoms with Gasteiger partial charge in [-0.2, -0.15) is 0 Å². The fourth-order valence-corrected chi connectivity index (χ4v) is 3.16. The lowest BCUT2D eigenvalue weighted by atomic mass is 9.98. The number of carbonyl (C=O) groups is 1. The third-order valence-electron chi connectivity index (χ3n) is 4.39. The molecule has 2 fully saturated rings.